The fourth-order valence-corrected chi connectivity index (χ4v) is 8.39. The summed E-state index contributed by atoms with van der Waals surface area (Å²) < 4.78 is 13.6. The number of hydrogen-bond acceptors (Lipinski definition) is 2. The van der Waals surface area contributed by atoms with E-state index in [0.717, 1.165) is 66.1 Å². The summed E-state index contributed by atoms with van der Waals surface area (Å²) in [7, 11) is 0. The number of fused-ring (bicyclic) bond motifs is 8. The minimum atomic E-state index is 0.867. The summed E-state index contributed by atoms with van der Waals surface area (Å²) in [6.45, 7) is 0. The van der Waals surface area contributed by atoms with Gasteiger partial charge in [-0.3, -0.25) is 0 Å². The maximum absolute atomic E-state index is 6.87. The molecule has 2 heterocycles. The molecule has 0 N–H and O–H groups in total. The molecule has 52 heavy (non-hydrogen) atoms. The van der Waals surface area contributed by atoms with Crippen molar-refractivity contribution < 1.29 is 8.83 Å². The van der Waals surface area contributed by atoms with Crippen LogP contribution in [0.2, 0.25) is 0 Å². The van der Waals surface area contributed by atoms with Crippen molar-refractivity contribution >= 4 is 65.2 Å². The van der Waals surface area contributed by atoms with Crippen LogP contribution >= 0.6 is 0 Å². The molecule has 0 atom stereocenters. The van der Waals surface area contributed by atoms with Gasteiger partial charge in [0.2, 0.25) is 0 Å². The monoisotopic (exact) mass is 662 g/mol. The zero-order valence-electron chi connectivity index (χ0n) is 28.1. The lowest BCUT2D eigenvalue weighted by atomic mass is 9.83. The molecule has 0 amide bonds. The average molecular weight is 663 g/mol. The first-order chi connectivity index (χ1) is 25.8. The van der Waals surface area contributed by atoms with Crippen LogP contribution in [0.5, 0.6) is 0 Å². The van der Waals surface area contributed by atoms with E-state index in [1.807, 2.05) is 0 Å². The van der Waals surface area contributed by atoms with Crippen LogP contribution in [0.25, 0.3) is 110 Å². The molecular weight excluding hydrogens is 633 g/mol. The molecule has 0 spiro atoms. The average Bonchev–Trinajstić information content (AvgIpc) is 3.80. The van der Waals surface area contributed by atoms with E-state index in [-0.39, 0.29) is 0 Å². The fourth-order valence-electron chi connectivity index (χ4n) is 8.39. The maximum atomic E-state index is 6.87. The molecule has 242 valence electrons. The molecule has 0 bridgehead atoms. The van der Waals surface area contributed by atoms with E-state index in [1.165, 1.54) is 43.8 Å². The maximum Gasteiger partial charge on any atom is 0.143 e. The van der Waals surface area contributed by atoms with Crippen molar-refractivity contribution in [3.05, 3.63) is 182 Å². The van der Waals surface area contributed by atoms with Gasteiger partial charge < -0.3 is 8.83 Å². The zero-order valence-corrected chi connectivity index (χ0v) is 28.1. The Kier molecular flexibility index (Phi) is 6.28. The number of para-hydroxylation sites is 1. The first kappa shape index (κ1) is 28.9. The summed E-state index contributed by atoms with van der Waals surface area (Å²) in [4.78, 5) is 0. The van der Waals surface area contributed by atoms with E-state index in [9.17, 15) is 0 Å². The Morgan fingerprint density at radius 2 is 0.846 bits per heavy atom. The van der Waals surface area contributed by atoms with Crippen LogP contribution in [0.4, 0.5) is 0 Å². The Morgan fingerprint density at radius 3 is 1.54 bits per heavy atom. The van der Waals surface area contributed by atoms with Crippen LogP contribution < -0.4 is 0 Å². The highest BCUT2D eigenvalue weighted by Gasteiger charge is 2.26. The van der Waals surface area contributed by atoms with Crippen molar-refractivity contribution in [1.29, 1.82) is 0 Å². The van der Waals surface area contributed by atoms with E-state index < -0.39 is 0 Å². The third-order valence-corrected chi connectivity index (χ3v) is 10.7. The molecule has 0 aliphatic carbocycles. The van der Waals surface area contributed by atoms with Gasteiger partial charge in [0.05, 0.1) is 0 Å². The third kappa shape index (κ3) is 4.25. The molecule has 2 heteroatoms. The van der Waals surface area contributed by atoms with Gasteiger partial charge in [-0.1, -0.05) is 158 Å². The number of rotatable bonds is 4. The lowest BCUT2D eigenvalue weighted by Gasteiger charge is -2.19. The van der Waals surface area contributed by atoms with Gasteiger partial charge in [0.15, 0.2) is 0 Å². The van der Waals surface area contributed by atoms with Gasteiger partial charge in [-0.2, -0.15) is 0 Å². The lowest BCUT2D eigenvalue weighted by molar-refractivity contribution is 0.632. The summed E-state index contributed by atoms with van der Waals surface area (Å²) >= 11 is 0. The smallest absolute Gasteiger partial charge is 0.143 e. The van der Waals surface area contributed by atoms with Crippen molar-refractivity contribution in [3.63, 3.8) is 0 Å². The van der Waals surface area contributed by atoms with Crippen molar-refractivity contribution in [1.82, 2.24) is 0 Å². The first-order valence-electron chi connectivity index (χ1n) is 17.8. The third-order valence-electron chi connectivity index (χ3n) is 10.7. The van der Waals surface area contributed by atoms with Crippen molar-refractivity contribution in [2.45, 2.75) is 0 Å². The molecule has 11 rings (SSSR count). The SMILES string of the molecule is c1ccc(-c2ccc3oc(-c4ccccc4)c(-c4c5ccccc5c(-c5cc6ccccc6c6oc7ccccc7c56)c5ccccc45)c3c2)cc1. The van der Waals surface area contributed by atoms with Crippen LogP contribution in [-0.2, 0) is 0 Å². The van der Waals surface area contributed by atoms with E-state index in [2.05, 4.69) is 182 Å². The highest BCUT2D eigenvalue weighted by atomic mass is 16.3. The van der Waals surface area contributed by atoms with Gasteiger partial charge in [-0.05, 0) is 73.5 Å². The van der Waals surface area contributed by atoms with E-state index in [1.54, 1.807) is 0 Å². The Labute approximate surface area is 299 Å². The van der Waals surface area contributed by atoms with E-state index in [4.69, 9.17) is 8.83 Å². The quantitative estimate of drug-likeness (QED) is 0.175. The molecular formula is C50H30O2. The summed E-state index contributed by atoms with van der Waals surface area (Å²) in [5, 5.41) is 10.4. The summed E-state index contributed by atoms with van der Waals surface area (Å²) in [5.41, 5.74) is 10.7. The molecule has 0 radical (unpaired) electrons. The van der Waals surface area contributed by atoms with E-state index >= 15 is 0 Å². The normalized spacial score (nSPS) is 11.8. The molecule has 0 fully saturated rings. The molecule has 0 unspecified atom stereocenters. The summed E-state index contributed by atoms with van der Waals surface area (Å²) in [5.74, 6) is 0.873. The van der Waals surface area contributed by atoms with Gasteiger partial charge in [-0.25, -0.2) is 0 Å². The zero-order chi connectivity index (χ0) is 34.2. The molecule has 9 aromatic carbocycles. The second-order valence-electron chi connectivity index (χ2n) is 13.5. The number of hydrogen-bond donors (Lipinski definition) is 0. The van der Waals surface area contributed by atoms with E-state index in [0.29, 0.717) is 0 Å². The van der Waals surface area contributed by atoms with Crippen molar-refractivity contribution in [2.75, 3.05) is 0 Å². The van der Waals surface area contributed by atoms with Crippen LogP contribution in [-0.4, -0.2) is 0 Å². The molecule has 11 aromatic rings. The van der Waals surface area contributed by atoms with Gasteiger partial charge in [0.25, 0.3) is 0 Å². The molecule has 2 aromatic heterocycles. The Bertz CT molecular complexity index is 3110. The highest BCUT2D eigenvalue weighted by Crippen LogP contribution is 2.52. The largest absolute Gasteiger partial charge is 0.455 e. The lowest BCUT2D eigenvalue weighted by Crippen LogP contribution is -1.92. The summed E-state index contributed by atoms with van der Waals surface area (Å²) in [6, 6.07) is 64.8. The molecule has 0 aliphatic heterocycles. The summed E-state index contributed by atoms with van der Waals surface area (Å²) in [6.07, 6.45) is 0. The van der Waals surface area contributed by atoms with Crippen molar-refractivity contribution in [2.24, 2.45) is 0 Å². The van der Waals surface area contributed by atoms with Crippen molar-refractivity contribution in [3.8, 4) is 44.7 Å². The standard InChI is InChI=1S/C50H30O2/c1-3-15-31(16-4-1)33-27-28-44-41(29-33)48(49(51-44)32-17-5-2-6-18-32)46-38-23-11-9-21-36(38)45(37-22-10-12-24-39(37)46)42-30-34-19-7-8-20-35(34)50-47(42)40-25-13-14-26-43(40)52-50/h1-30H. The van der Waals surface area contributed by atoms with Gasteiger partial charge in [-0.15, -0.1) is 0 Å². The van der Waals surface area contributed by atoms with Crippen LogP contribution in [0.1, 0.15) is 0 Å². The molecule has 2 nitrogen and oxygen atoms in total. The topological polar surface area (TPSA) is 26.3 Å². The van der Waals surface area contributed by atoms with Gasteiger partial charge in [0.1, 0.15) is 22.5 Å². The van der Waals surface area contributed by atoms with Crippen LogP contribution in [0.3, 0.4) is 0 Å². The minimum Gasteiger partial charge on any atom is -0.455 e. The first-order valence-corrected chi connectivity index (χ1v) is 17.8. The van der Waals surface area contributed by atoms with Gasteiger partial charge in [0, 0.05) is 38.2 Å². The van der Waals surface area contributed by atoms with Crippen LogP contribution in [0, 0.1) is 0 Å². The second kappa shape index (κ2) is 11.3. The number of benzene rings is 9. The highest BCUT2D eigenvalue weighted by molar-refractivity contribution is 6.30. The Balaban J connectivity index is 1.31. The number of furan rings is 2. The fraction of sp³-hybridized carbons (Fsp3) is 0. The molecule has 0 saturated carbocycles. The Morgan fingerprint density at radius 1 is 0.308 bits per heavy atom. The second-order valence-corrected chi connectivity index (χ2v) is 13.5. The predicted molar refractivity (Wildman–Crippen MR) is 218 cm³/mol. The minimum absolute atomic E-state index is 0.867. The molecule has 0 aliphatic rings. The van der Waals surface area contributed by atoms with Gasteiger partial charge >= 0.3 is 0 Å². The van der Waals surface area contributed by atoms with Crippen LogP contribution in [0.15, 0.2) is 191 Å². The Hall–Kier alpha value is -6.90. The predicted octanol–water partition coefficient (Wildman–Crippen LogP) is 14.5. The molecule has 0 saturated heterocycles.